The largest absolute Gasteiger partial charge is 0.243 e. The molecule has 0 aromatic carbocycles. The molecule has 1 saturated carbocycles. The number of hydrogen-bond acceptors (Lipinski definition) is 4. The first-order valence-corrected chi connectivity index (χ1v) is 8.31. The summed E-state index contributed by atoms with van der Waals surface area (Å²) in [7, 11) is -3.55. The van der Waals surface area contributed by atoms with Gasteiger partial charge in [-0.15, -0.1) is 0 Å². The summed E-state index contributed by atoms with van der Waals surface area (Å²) >= 11 is 5.55. The summed E-state index contributed by atoms with van der Waals surface area (Å²) in [5, 5.41) is 0.0415. The highest BCUT2D eigenvalue weighted by molar-refractivity contribution is 7.89. The Hall–Kier alpha value is -0.720. The number of hydrogen-bond donors (Lipinski definition) is 1. The molecule has 0 bridgehead atoms. The van der Waals surface area contributed by atoms with Crippen molar-refractivity contribution in [2.24, 2.45) is 5.41 Å². The summed E-state index contributed by atoms with van der Waals surface area (Å²) < 4.78 is 26.9. The summed E-state index contributed by atoms with van der Waals surface area (Å²) in [6.07, 6.45) is 7.98. The van der Waals surface area contributed by atoms with Gasteiger partial charge in [-0.3, -0.25) is 0 Å². The molecule has 0 atom stereocenters. The molecule has 1 aliphatic rings. The Bertz CT molecular complexity index is 524. The van der Waals surface area contributed by atoms with Gasteiger partial charge in [0.2, 0.25) is 15.3 Å². The van der Waals surface area contributed by atoms with E-state index in [-0.39, 0.29) is 15.6 Å². The van der Waals surface area contributed by atoms with Crippen LogP contribution in [0.2, 0.25) is 5.28 Å². The molecule has 0 radical (unpaired) electrons. The fourth-order valence-electron chi connectivity index (χ4n) is 2.55. The van der Waals surface area contributed by atoms with Crippen LogP contribution in [0.1, 0.15) is 39.0 Å². The molecule has 1 aromatic heterocycles. The van der Waals surface area contributed by atoms with E-state index in [4.69, 9.17) is 11.6 Å². The SMILES string of the molecule is CCC1(CNS(=O)(=O)c2cnc(Cl)nc2)CCCC1. The number of halogens is 1. The van der Waals surface area contributed by atoms with Gasteiger partial charge < -0.3 is 0 Å². The lowest BCUT2D eigenvalue weighted by molar-refractivity contribution is 0.285. The van der Waals surface area contributed by atoms with Gasteiger partial charge in [0.05, 0.1) is 12.4 Å². The molecule has 1 N–H and O–H groups in total. The van der Waals surface area contributed by atoms with Gasteiger partial charge in [0.15, 0.2) is 0 Å². The fraction of sp³-hybridized carbons (Fsp3) is 0.667. The number of nitrogens with one attached hydrogen (secondary N) is 1. The van der Waals surface area contributed by atoms with Crippen LogP contribution in [-0.4, -0.2) is 24.9 Å². The Morgan fingerprint density at radius 2 is 1.89 bits per heavy atom. The molecular formula is C12H18ClN3O2S. The molecule has 0 saturated heterocycles. The predicted molar refractivity (Wildman–Crippen MR) is 73.4 cm³/mol. The molecular weight excluding hydrogens is 286 g/mol. The number of rotatable bonds is 5. The second-order valence-corrected chi connectivity index (χ2v) is 7.18. The van der Waals surface area contributed by atoms with Gasteiger partial charge in [-0.1, -0.05) is 19.8 Å². The van der Waals surface area contributed by atoms with Crippen LogP contribution >= 0.6 is 11.6 Å². The average molecular weight is 304 g/mol. The van der Waals surface area contributed by atoms with Crippen LogP contribution in [0.15, 0.2) is 17.3 Å². The predicted octanol–water partition coefficient (Wildman–Crippen LogP) is 2.38. The van der Waals surface area contributed by atoms with Crippen molar-refractivity contribution < 1.29 is 8.42 Å². The van der Waals surface area contributed by atoms with Crippen molar-refractivity contribution in [2.75, 3.05) is 6.54 Å². The number of aromatic nitrogens is 2. The summed E-state index contributed by atoms with van der Waals surface area (Å²) in [6.45, 7) is 2.60. The third-order valence-electron chi connectivity index (χ3n) is 3.96. The van der Waals surface area contributed by atoms with E-state index in [1.807, 2.05) is 0 Å². The smallest absolute Gasteiger partial charge is 0.225 e. The van der Waals surface area contributed by atoms with E-state index >= 15 is 0 Å². The van der Waals surface area contributed by atoms with Crippen LogP contribution in [0.5, 0.6) is 0 Å². The third-order valence-corrected chi connectivity index (χ3v) is 5.51. The van der Waals surface area contributed by atoms with E-state index in [0.717, 1.165) is 19.3 Å². The number of sulfonamides is 1. The van der Waals surface area contributed by atoms with E-state index < -0.39 is 10.0 Å². The second kappa shape index (κ2) is 5.73. The zero-order valence-electron chi connectivity index (χ0n) is 10.9. The molecule has 0 amide bonds. The molecule has 0 spiro atoms. The van der Waals surface area contributed by atoms with Gasteiger partial charge in [-0.2, -0.15) is 0 Å². The summed E-state index contributed by atoms with van der Waals surface area (Å²) in [5.41, 5.74) is 0.111. The summed E-state index contributed by atoms with van der Waals surface area (Å²) in [5.74, 6) is 0. The molecule has 106 valence electrons. The van der Waals surface area contributed by atoms with E-state index in [1.165, 1.54) is 25.2 Å². The first-order valence-electron chi connectivity index (χ1n) is 6.45. The maximum absolute atomic E-state index is 12.1. The molecule has 0 unspecified atom stereocenters. The van der Waals surface area contributed by atoms with Gasteiger partial charge in [0, 0.05) is 6.54 Å². The average Bonchev–Trinajstić information content (AvgIpc) is 2.87. The van der Waals surface area contributed by atoms with E-state index in [1.54, 1.807) is 0 Å². The second-order valence-electron chi connectivity index (χ2n) is 5.07. The minimum atomic E-state index is -3.55. The minimum absolute atomic E-state index is 0.0415. The molecule has 2 rings (SSSR count). The van der Waals surface area contributed by atoms with Crippen LogP contribution in [0.4, 0.5) is 0 Å². The van der Waals surface area contributed by atoms with Gasteiger partial charge >= 0.3 is 0 Å². The standard InChI is InChI=1S/C12H18ClN3O2S/c1-2-12(5-3-4-6-12)9-16-19(17,18)10-7-14-11(13)15-8-10/h7-8,16H,2-6,9H2,1H3. The van der Waals surface area contributed by atoms with Crippen molar-refractivity contribution in [3.63, 3.8) is 0 Å². The quantitative estimate of drug-likeness (QED) is 0.848. The Kier molecular flexibility index (Phi) is 4.43. The van der Waals surface area contributed by atoms with E-state index in [0.29, 0.717) is 6.54 Å². The molecule has 1 aliphatic carbocycles. The number of nitrogens with zero attached hydrogens (tertiary/aromatic N) is 2. The first-order chi connectivity index (χ1) is 8.97. The molecule has 7 heteroatoms. The molecule has 1 aromatic rings. The molecule has 1 fully saturated rings. The van der Waals surface area contributed by atoms with Gasteiger partial charge in [-0.25, -0.2) is 23.1 Å². The fourth-order valence-corrected chi connectivity index (χ4v) is 3.69. The maximum atomic E-state index is 12.1. The van der Waals surface area contributed by atoms with Crippen molar-refractivity contribution in [3.05, 3.63) is 17.7 Å². The van der Waals surface area contributed by atoms with Gasteiger partial charge in [0.25, 0.3) is 0 Å². The van der Waals surface area contributed by atoms with Crippen LogP contribution < -0.4 is 4.72 Å². The van der Waals surface area contributed by atoms with Gasteiger partial charge in [0.1, 0.15) is 4.90 Å². The molecule has 5 nitrogen and oxygen atoms in total. The van der Waals surface area contributed by atoms with Crippen molar-refractivity contribution in [1.82, 2.24) is 14.7 Å². The Labute approximate surface area is 118 Å². The third kappa shape index (κ3) is 3.43. The van der Waals surface area contributed by atoms with Crippen molar-refractivity contribution in [2.45, 2.75) is 43.9 Å². The normalized spacial score (nSPS) is 18.6. The highest BCUT2D eigenvalue weighted by atomic mass is 35.5. The van der Waals surface area contributed by atoms with Crippen molar-refractivity contribution in [1.29, 1.82) is 0 Å². The first kappa shape index (κ1) is 14.7. The molecule has 19 heavy (non-hydrogen) atoms. The monoisotopic (exact) mass is 303 g/mol. The maximum Gasteiger partial charge on any atom is 0.243 e. The Morgan fingerprint density at radius 1 is 1.32 bits per heavy atom. The van der Waals surface area contributed by atoms with Gasteiger partial charge in [-0.05, 0) is 36.3 Å². The summed E-state index contributed by atoms with van der Waals surface area (Å²) in [4.78, 5) is 7.45. The zero-order chi connectivity index (χ0) is 13.9. The lowest BCUT2D eigenvalue weighted by Gasteiger charge is -2.27. The van der Waals surface area contributed by atoms with E-state index in [2.05, 4.69) is 21.6 Å². The van der Waals surface area contributed by atoms with Crippen LogP contribution in [0.3, 0.4) is 0 Å². The summed E-state index contributed by atoms with van der Waals surface area (Å²) in [6, 6.07) is 0. The van der Waals surface area contributed by atoms with Crippen molar-refractivity contribution >= 4 is 21.6 Å². The highest BCUT2D eigenvalue weighted by Gasteiger charge is 2.33. The Morgan fingerprint density at radius 3 is 2.42 bits per heavy atom. The minimum Gasteiger partial charge on any atom is -0.225 e. The highest BCUT2D eigenvalue weighted by Crippen LogP contribution is 2.40. The lowest BCUT2D eigenvalue weighted by atomic mass is 9.84. The topological polar surface area (TPSA) is 72.0 Å². The Balaban J connectivity index is 2.07. The lowest BCUT2D eigenvalue weighted by Crippen LogP contribution is -2.35. The van der Waals surface area contributed by atoms with Crippen molar-refractivity contribution in [3.8, 4) is 0 Å². The van der Waals surface area contributed by atoms with E-state index in [9.17, 15) is 8.42 Å². The van der Waals surface area contributed by atoms with Crippen LogP contribution in [-0.2, 0) is 10.0 Å². The van der Waals surface area contributed by atoms with Crippen LogP contribution in [0.25, 0.3) is 0 Å². The molecule has 1 heterocycles. The molecule has 0 aliphatic heterocycles. The van der Waals surface area contributed by atoms with Crippen LogP contribution in [0, 0.1) is 5.41 Å². The zero-order valence-corrected chi connectivity index (χ0v) is 12.5.